The number of nitrogens with zero attached hydrogens (tertiary/aromatic N) is 1. The molecule has 0 saturated heterocycles. The van der Waals surface area contributed by atoms with Crippen molar-refractivity contribution in [2.45, 2.75) is 13.0 Å². The van der Waals surface area contributed by atoms with Crippen LogP contribution in [0.3, 0.4) is 0 Å². The normalized spacial score (nSPS) is 11.8. The first kappa shape index (κ1) is 14.0. The van der Waals surface area contributed by atoms with Crippen molar-refractivity contribution in [3.05, 3.63) is 59.7 Å². The molecule has 0 unspecified atom stereocenters. The Balaban J connectivity index is 2.10. The zero-order valence-electron chi connectivity index (χ0n) is 11.3. The van der Waals surface area contributed by atoms with Gasteiger partial charge in [-0.05, 0) is 36.8 Å². The van der Waals surface area contributed by atoms with Crippen LogP contribution in [0, 0.1) is 5.82 Å². The number of carbonyl (C=O) groups is 1. The summed E-state index contributed by atoms with van der Waals surface area (Å²) in [5, 5.41) is 2.77. The molecule has 1 heterocycles. The van der Waals surface area contributed by atoms with Crippen LogP contribution in [0.25, 0.3) is 0 Å². The highest BCUT2D eigenvalue weighted by molar-refractivity contribution is 5.92. The quantitative estimate of drug-likeness (QED) is 0.932. The molecule has 0 aliphatic heterocycles. The maximum Gasteiger partial charge on any atom is 0.270 e. The second-order valence-corrected chi connectivity index (χ2v) is 4.30. The predicted octanol–water partition coefficient (Wildman–Crippen LogP) is 2.72. The van der Waals surface area contributed by atoms with Crippen LogP contribution in [0.15, 0.2) is 42.6 Å². The molecule has 1 atom stereocenters. The number of aromatic nitrogens is 1. The average molecular weight is 274 g/mol. The minimum atomic E-state index is -0.455. The van der Waals surface area contributed by atoms with Gasteiger partial charge >= 0.3 is 0 Å². The summed E-state index contributed by atoms with van der Waals surface area (Å²) < 4.78 is 18.5. The fourth-order valence-corrected chi connectivity index (χ4v) is 1.80. The van der Waals surface area contributed by atoms with E-state index in [4.69, 9.17) is 4.74 Å². The Hall–Kier alpha value is -2.43. The summed E-state index contributed by atoms with van der Waals surface area (Å²) in [6, 6.07) is 9.36. The number of hydrogen-bond donors (Lipinski definition) is 1. The van der Waals surface area contributed by atoms with E-state index in [2.05, 4.69) is 10.3 Å². The van der Waals surface area contributed by atoms with Crippen molar-refractivity contribution in [2.24, 2.45) is 0 Å². The van der Waals surface area contributed by atoms with Crippen LogP contribution in [-0.4, -0.2) is 18.0 Å². The zero-order valence-corrected chi connectivity index (χ0v) is 11.3. The monoisotopic (exact) mass is 274 g/mol. The topological polar surface area (TPSA) is 51.2 Å². The van der Waals surface area contributed by atoms with Crippen molar-refractivity contribution in [2.75, 3.05) is 7.11 Å². The summed E-state index contributed by atoms with van der Waals surface area (Å²) in [5.74, 6) is -0.574. The van der Waals surface area contributed by atoms with Crippen molar-refractivity contribution in [1.29, 1.82) is 0 Å². The van der Waals surface area contributed by atoms with Gasteiger partial charge in [0.2, 0.25) is 0 Å². The van der Waals surface area contributed by atoms with Crippen LogP contribution in [0.4, 0.5) is 4.39 Å². The average Bonchev–Trinajstić information content (AvgIpc) is 2.48. The molecule has 1 amide bonds. The number of ether oxygens (including phenoxy) is 1. The molecule has 1 N–H and O–H groups in total. The van der Waals surface area contributed by atoms with Crippen LogP contribution in [0.2, 0.25) is 0 Å². The van der Waals surface area contributed by atoms with Gasteiger partial charge in [-0.3, -0.25) is 9.78 Å². The Bertz CT molecular complexity index is 602. The molecule has 0 fully saturated rings. The first-order chi connectivity index (χ1) is 9.61. The molecule has 2 rings (SSSR count). The Labute approximate surface area is 116 Å². The standard InChI is InChI=1S/C15H15FN2O2/c1-10(11-6-7-14(20-2)12(16)9-11)18-15(19)13-5-3-4-8-17-13/h3-10H,1-2H3,(H,18,19)/t10-/m0/s1. The van der Waals surface area contributed by atoms with Crippen LogP contribution < -0.4 is 10.1 Å². The number of methoxy groups -OCH3 is 1. The lowest BCUT2D eigenvalue weighted by Gasteiger charge is -2.15. The first-order valence-electron chi connectivity index (χ1n) is 6.17. The van der Waals surface area contributed by atoms with Crippen molar-refractivity contribution in [1.82, 2.24) is 10.3 Å². The second-order valence-electron chi connectivity index (χ2n) is 4.30. The number of nitrogens with one attached hydrogen (secondary N) is 1. The molecule has 0 saturated carbocycles. The highest BCUT2D eigenvalue weighted by Crippen LogP contribution is 2.21. The Morgan fingerprint density at radius 3 is 2.75 bits per heavy atom. The summed E-state index contributed by atoms with van der Waals surface area (Å²) in [6.07, 6.45) is 1.55. The predicted molar refractivity (Wildman–Crippen MR) is 73.1 cm³/mol. The highest BCUT2D eigenvalue weighted by atomic mass is 19.1. The largest absolute Gasteiger partial charge is 0.494 e. The van der Waals surface area contributed by atoms with E-state index in [0.717, 1.165) is 0 Å². The van der Waals surface area contributed by atoms with E-state index in [1.165, 1.54) is 19.2 Å². The zero-order chi connectivity index (χ0) is 14.5. The summed E-state index contributed by atoms with van der Waals surface area (Å²) in [6.45, 7) is 1.78. The SMILES string of the molecule is COc1ccc([C@H](C)NC(=O)c2ccccn2)cc1F. The third-order valence-electron chi connectivity index (χ3n) is 2.92. The third kappa shape index (κ3) is 3.12. The lowest BCUT2D eigenvalue weighted by Crippen LogP contribution is -2.27. The van der Waals surface area contributed by atoms with Crippen LogP contribution in [-0.2, 0) is 0 Å². The number of hydrogen-bond acceptors (Lipinski definition) is 3. The first-order valence-corrected chi connectivity index (χ1v) is 6.17. The van der Waals surface area contributed by atoms with Crippen molar-refractivity contribution in [3.63, 3.8) is 0 Å². The number of halogens is 1. The Kier molecular flexibility index (Phi) is 4.30. The molecule has 1 aromatic heterocycles. The molecule has 4 nitrogen and oxygen atoms in total. The second kappa shape index (κ2) is 6.14. The van der Waals surface area contributed by atoms with E-state index in [1.807, 2.05) is 0 Å². The molecule has 2 aromatic rings. The van der Waals surface area contributed by atoms with Crippen LogP contribution in [0.5, 0.6) is 5.75 Å². The van der Waals surface area contributed by atoms with Crippen molar-refractivity contribution < 1.29 is 13.9 Å². The van der Waals surface area contributed by atoms with Gasteiger partial charge in [-0.15, -0.1) is 0 Å². The fourth-order valence-electron chi connectivity index (χ4n) is 1.80. The number of carbonyl (C=O) groups excluding carboxylic acids is 1. The van der Waals surface area contributed by atoms with Gasteiger partial charge in [0.25, 0.3) is 5.91 Å². The van der Waals surface area contributed by atoms with Gasteiger partial charge in [-0.2, -0.15) is 0 Å². The van der Waals surface area contributed by atoms with Gasteiger partial charge in [-0.25, -0.2) is 4.39 Å². The van der Waals surface area contributed by atoms with E-state index >= 15 is 0 Å². The van der Waals surface area contributed by atoms with E-state index < -0.39 is 5.82 Å². The van der Waals surface area contributed by atoms with Gasteiger partial charge in [-0.1, -0.05) is 12.1 Å². The van der Waals surface area contributed by atoms with Gasteiger partial charge in [0.1, 0.15) is 5.69 Å². The van der Waals surface area contributed by atoms with Gasteiger partial charge < -0.3 is 10.1 Å². The molecular weight excluding hydrogens is 259 g/mol. The van der Waals surface area contributed by atoms with E-state index in [9.17, 15) is 9.18 Å². The molecule has 0 radical (unpaired) electrons. The molecule has 104 valence electrons. The van der Waals surface area contributed by atoms with Crippen molar-refractivity contribution in [3.8, 4) is 5.75 Å². The third-order valence-corrected chi connectivity index (χ3v) is 2.92. The van der Waals surface area contributed by atoms with Gasteiger partial charge in [0.05, 0.1) is 13.2 Å². The molecule has 0 bridgehead atoms. The van der Waals surface area contributed by atoms with E-state index in [1.54, 1.807) is 37.4 Å². The summed E-state index contributed by atoms with van der Waals surface area (Å²) in [7, 11) is 1.41. The Morgan fingerprint density at radius 2 is 2.15 bits per heavy atom. The minimum absolute atomic E-state index is 0.178. The number of amides is 1. The number of pyridine rings is 1. The summed E-state index contributed by atoms with van der Waals surface area (Å²) in [4.78, 5) is 15.9. The molecule has 0 aliphatic carbocycles. The lowest BCUT2D eigenvalue weighted by atomic mass is 10.1. The summed E-state index contributed by atoms with van der Waals surface area (Å²) >= 11 is 0. The highest BCUT2D eigenvalue weighted by Gasteiger charge is 2.14. The van der Waals surface area contributed by atoms with Gasteiger partial charge in [0, 0.05) is 6.20 Å². The molecule has 5 heteroatoms. The lowest BCUT2D eigenvalue weighted by molar-refractivity contribution is 0.0935. The van der Waals surface area contributed by atoms with Gasteiger partial charge in [0.15, 0.2) is 11.6 Å². The van der Waals surface area contributed by atoms with E-state index in [-0.39, 0.29) is 17.7 Å². The Morgan fingerprint density at radius 1 is 1.35 bits per heavy atom. The summed E-state index contributed by atoms with van der Waals surface area (Å²) in [5.41, 5.74) is 0.987. The van der Waals surface area contributed by atoms with Crippen LogP contribution in [0.1, 0.15) is 29.0 Å². The number of rotatable bonds is 4. The van der Waals surface area contributed by atoms with Crippen molar-refractivity contribution >= 4 is 5.91 Å². The van der Waals surface area contributed by atoms with E-state index in [0.29, 0.717) is 11.3 Å². The smallest absolute Gasteiger partial charge is 0.270 e. The number of benzene rings is 1. The van der Waals surface area contributed by atoms with Crippen LogP contribution >= 0.6 is 0 Å². The molecular formula is C15H15FN2O2. The molecule has 20 heavy (non-hydrogen) atoms. The fraction of sp³-hybridized carbons (Fsp3) is 0.200. The maximum atomic E-state index is 13.6. The molecule has 0 spiro atoms. The maximum absolute atomic E-state index is 13.6. The minimum Gasteiger partial charge on any atom is -0.494 e. The molecule has 1 aromatic carbocycles. The molecule has 0 aliphatic rings.